The van der Waals surface area contributed by atoms with Gasteiger partial charge in [0.25, 0.3) is 5.91 Å². The first-order chi connectivity index (χ1) is 13.2. The van der Waals surface area contributed by atoms with Crippen LogP contribution in [0.25, 0.3) is 0 Å². The highest BCUT2D eigenvalue weighted by Crippen LogP contribution is 2.23. The maximum Gasteiger partial charge on any atom is 0.322 e. The van der Waals surface area contributed by atoms with E-state index >= 15 is 0 Å². The number of nitrogens with zero attached hydrogens (tertiary/aromatic N) is 2. The average molecular weight is 375 g/mol. The molecule has 144 valence electrons. The van der Waals surface area contributed by atoms with Crippen molar-refractivity contribution in [3.63, 3.8) is 0 Å². The van der Waals surface area contributed by atoms with Gasteiger partial charge in [0.05, 0.1) is 0 Å². The quantitative estimate of drug-likeness (QED) is 0.660. The molecule has 0 saturated carbocycles. The Morgan fingerprint density at radius 2 is 1.46 bits per heavy atom. The summed E-state index contributed by atoms with van der Waals surface area (Å²) in [5.74, 6) is 0.462. The standard InChI is InChI=1S/C23H25N3O2/c1-15-14-16(2)25-22(24-15)28-20-12-10-19(11-13-20)26-21(27)17-6-8-18(9-7-17)23(3,4)5/h6-14H,1-5H3,(H,26,27). The largest absolute Gasteiger partial charge is 0.424 e. The van der Waals surface area contributed by atoms with Gasteiger partial charge >= 0.3 is 6.01 Å². The number of hydrogen-bond acceptors (Lipinski definition) is 4. The fourth-order valence-corrected chi connectivity index (χ4v) is 2.78. The van der Waals surface area contributed by atoms with E-state index in [1.807, 2.05) is 44.2 Å². The molecule has 5 heteroatoms. The lowest BCUT2D eigenvalue weighted by Crippen LogP contribution is -2.14. The van der Waals surface area contributed by atoms with Crippen LogP contribution in [-0.4, -0.2) is 15.9 Å². The Kier molecular flexibility index (Phi) is 5.45. The summed E-state index contributed by atoms with van der Waals surface area (Å²) in [7, 11) is 0. The Morgan fingerprint density at radius 3 is 2.00 bits per heavy atom. The number of carbonyl (C=O) groups excluding carboxylic acids is 1. The second-order valence-corrected chi connectivity index (χ2v) is 7.84. The predicted octanol–water partition coefficient (Wildman–Crippen LogP) is 5.44. The highest BCUT2D eigenvalue weighted by Gasteiger charge is 2.14. The van der Waals surface area contributed by atoms with Gasteiger partial charge < -0.3 is 10.1 Å². The fraction of sp³-hybridized carbons (Fsp3) is 0.261. The summed E-state index contributed by atoms with van der Waals surface area (Å²) in [5.41, 5.74) is 4.27. The van der Waals surface area contributed by atoms with E-state index in [9.17, 15) is 4.79 Å². The molecule has 0 radical (unpaired) electrons. The SMILES string of the molecule is Cc1cc(C)nc(Oc2ccc(NC(=O)c3ccc(C(C)(C)C)cc3)cc2)n1. The highest BCUT2D eigenvalue weighted by atomic mass is 16.5. The van der Waals surface area contributed by atoms with Crippen LogP contribution in [0.1, 0.15) is 48.1 Å². The van der Waals surface area contributed by atoms with Crippen molar-refractivity contribution < 1.29 is 9.53 Å². The van der Waals surface area contributed by atoms with E-state index < -0.39 is 0 Å². The van der Waals surface area contributed by atoms with Crippen molar-refractivity contribution in [1.29, 1.82) is 0 Å². The summed E-state index contributed by atoms with van der Waals surface area (Å²) < 4.78 is 5.69. The van der Waals surface area contributed by atoms with Crippen molar-refractivity contribution in [2.45, 2.75) is 40.0 Å². The van der Waals surface area contributed by atoms with E-state index in [1.54, 1.807) is 24.3 Å². The molecule has 0 bridgehead atoms. The highest BCUT2D eigenvalue weighted by molar-refractivity contribution is 6.04. The summed E-state index contributed by atoms with van der Waals surface area (Å²) in [4.78, 5) is 21.0. The number of rotatable bonds is 4. The fourth-order valence-electron chi connectivity index (χ4n) is 2.78. The molecule has 2 aromatic carbocycles. The zero-order valence-electron chi connectivity index (χ0n) is 16.9. The molecule has 3 rings (SSSR count). The Hall–Kier alpha value is -3.21. The first-order valence-electron chi connectivity index (χ1n) is 9.23. The molecular weight excluding hydrogens is 350 g/mol. The summed E-state index contributed by atoms with van der Waals surface area (Å²) in [6.07, 6.45) is 0. The third-order valence-electron chi connectivity index (χ3n) is 4.30. The number of ether oxygens (including phenoxy) is 1. The Balaban J connectivity index is 1.66. The number of anilines is 1. The first kappa shape index (κ1) is 19.5. The lowest BCUT2D eigenvalue weighted by Gasteiger charge is -2.19. The van der Waals surface area contributed by atoms with Crippen LogP contribution >= 0.6 is 0 Å². The molecule has 0 atom stereocenters. The van der Waals surface area contributed by atoms with Crippen molar-refractivity contribution in [3.8, 4) is 11.8 Å². The second-order valence-electron chi connectivity index (χ2n) is 7.84. The van der Waals surface area contributed by atoms with Gasteiger partial charge in [-0.05, 0) is 67.3 Å². The first-order valence-corrected chi connectivity index (χ1v) is 9.23. The molecule has 0 fully saturated rings. The molecule has 0 aliphatic rings. The molecule has 0 spiro atoms. The van der Waals surface area contributed by atoms with Gasteiger partial charge in [0, 0.05) is 22.6 Å². The van der Waals surface area contributed by atoms with Gasteiger partial charge in [0.15, 0.2) is 0 Å². The molecule has 1 N–H and O–H groups in total. The molecule has 28 heavy (non-hydrogen) atoms. The van der Waals surface area contributed by atoms with Crippen molar-refractivity contribution in [3.05, 3.63) is 77.1 Å². The number of nitrogens with one attached hydrogen (secondary N) is 1. The van der Waals surface area contributed by atoms with Crippen LogP contribution in [0.15, 0.2) is 54.6 Å². The van der Waals surface area contributed by atoms with Crippen molar-refractivity contribution >= 4 is 11.6 Å². The van der Waals surface area contributed by atoms with Crippen molar-refractivity contribution in [1.82, 2.24) is 9.97 Å². The monoisotopic (exact) mass is 375 g/mol. The number of amides is 1. The summed E-state index contributed by atoms with van der Waals surface area (Å²) in [6.45, 7) is 10.2. The van der Waals surface area contributed by atoms with Gasteiger partial charge in [-0.2, -0.15) is 0 Å². The lowest BCUT2D eigenvalue weighted by atomic mass is 9.87. The zero-order valence-corrected chi connectivity index (χ0v) is 16.9. The van der Waals surface area contributed by atoms with Crippen molar-refractivity contribution in [2.24, 2.45) is 0 Å². The third kappa shape index (κ3) is 4.94. The maximum atomic E-state index is 12.5. The molecule has 1 aromatic heterocycles. The minimum absolute atomic E-state index is 0.0599. The Bertz CT molecular complexity index is 952. The van der Waals surface area contributed by atoms with Crippen LogP contribution in [0.5, 0.6) is 11.8 Å². The van der Waals surface area contributed by atoms with E-state index in [0.717, 1.165) is 11.4 Å². The summed E-state index contributed by atoms with van der Waals surface area (Å²) in [5, 5.41) is 2.90. The van der Waals surface area contributed by atoms with E-state index in [1.165, 1.54) is 5.56 Å². The van der Waals surface area contributed by atoms with Gasteiger partial charge in [-0.3, -0.25) is 4.79 Å². The molecule has 0 unspecified atom stereocenters. The average Bonchev–Trinajstić information content (AvgIpc) is 2.62. The molecule has 1 heterocycles. The second kappa shape index (κ2) is 7.80. The van der Waals surface area contributed by atoms with Gasteiger partial charge in [0.2, 0.25) is 0 Å². The topological polar surface area (TPSA) is 64.1 Å². The minimum Gasteiger partial charge on any atom is -0.424 e. The normalized spacial score (nSPS) is 11.2. The Morgan fingerprint density at radius 1 is 0.893 bits per heavy atom. The molecule has 5 nitrogen and oxygen atoms in total. The van der Waals surface area contributed by atoms with Crippen LogP contribution in [-0.2, 0) is 5.41 Å². The smallest absolute Gasteiger partial charge is 0.322 e. The van der Waals surface area contributed by atoms with Crippen LogP contribution in [0.4, 0.5) is 5.69 Å². The summed E-state index contributed by atoms with van der Waals surface area (Å²) in [6, 6.07) is 17.0. The third-order valence-corrected chi connectivity index (χ3v) is 4.30. The molecule has 0 saturated heterocycles. The van der Waals surface area contributed by atoms with E-state index in [4.69, 9.17) is 4.74 Å². The van der Waals surface area contributed by atoms with Crippen LogP contribution in [0.3, 0.4) is 0 Å². The van der Waals surface area contributed by atoms with Gasteiger partial charge in [0.1, 0.15) is 5.75 Å². The Labute approximate surface area is 165 Å². The number of carbonyl (C=O) groups is 1. The van der Waals surface area contributed by atoms with Crippen LogP contribution in [0.2, 0.25) is 0 Å². The number of aryl methyl sites for hydroxylation is 2. The molecule has 0 aliphatic heterocycles. The van der Waals surface area contributed by atoms with Gasteiger partial charge in [-0.25, -0.2) is 9.97 Å². The van der Waals surface area contributed by atoms with Crippen molar-refractivity contribution in [2.75, 3.05) is 5.32 Å². The van der Waals surface area contributed by atoms with E-state index in [0.29, 0.717) is 23.0 Å². The number of hydrogen-bond donors (Lipinski definition) is 1. The minimum atomic E-state index is -0.147. The molecular formula is C23H25N3O2. The van der Waals surface area contributed by atoms with Gasteiger partial charge in [-0.15, -0.1) is 0 Å². The molecule has 3 aromatic rings. The number of benzene rings is 2. The lowest BCUT2D eigenvalue weighted by molar-refractivity contribution is 0.102. The van der Waals surface area contributed by atoms with Crippen LogP contribution < -0.4 is 10.1 Å². The van der Waals surface area contributed by atoms with Gasteiger partial charge in [-0.1, -0.05) is 32.9 Å². The van der Waals surface area contributed by atoms with Crippen LogP contribution in [0, 0.1) is 13.8 Å². The van der Waals surface area contributed by atoms with E-state index in [-0.39, 0.29) is 11.3 Å². The maximum absolute atomic E-state index is 12.5. The summed E-state index contributed by atoms with van der Waals surface area (Å²) >= 11 is 0. The zero-order chi connectivity index (χ0) is 20.3. The molecule has 1 amide bonds. The number of aromatic nitrogens is 2. The van der Waals surface area contributed by atoms with E-state index in [2.05, 4.69) is 36.1 Å². The predicted molar refractivity (Wildman–Crippen MR) is 111 cm³/mol. The molecule has 0 aliphatic carbocycles.